The minimum absolute atomic E-state index is 0.00443. The number of rotatable bonds is 6. The van der Waals surface area contributed by atoms with Gasteiger partial charge in [0.25, 0.3) is 0 Å². The van der Waals surface area contributed by atoms with Crippen molar-refractivity contribution < 1.29 is 14.3 Å². The zero-order chi connectivity index (χ0) is 21.6. The second kappa shape index (κ2) is 8.16. The number of nitrogens with zero attached hydrogens (tertiary/aromatic N) is 3. The summed E-state index contributed by atoms with van der Waals surface area (Å²) in [4.78, 5) is 25.0. The lowest BCUT2D eigenvalue weighted by Crippen LogP contribution is -2.61. The molecule has 0 spiro atoms. The van der Waals surface area contributed by atoms with Crippen LogP contribution in [0.4, 0.5) is 4.39 Å². The molecule has 1 aliphatic heterocycles. The predicted molar refractivity (Wildman–Crippen MR) is 119 cm³/mol. The number of thiophene rings is 1. The molecule has 1 aromatic carbocycles. The van der Waals surface area contributed by atoms with Gasteiger partial charge in [-0.15, -0.1) is 11.3 Å². The van der Waals surface area contributed by atoms with E-state index in [0.717, 1.165) is 4.88 Å². The van der Waals surface area contributed by atoms with Crippen LogP contribution in [0.25, 0.3) is 10.9 Å². The molecule has 158 valence electrons. The first-order valence-corrected chi connectivity index (χ1v) is 11.7. The summed E-state index contributed by atoms with van der Waals surface area (Å²) in [5.74, 6) is 0.0965. The average Bonchev–Trinajstić information content (AvgIpc) is 3.15. The van der Waals surface area contributed by atoms with Crippen molar-refractivity contribution in [3.63, 3.8) is 0 Å². The van der Waals surface area contributed by atoms with Crippen LogP contribution in [0.15, 0.2) is 29.3 Å². The number of hydrogen-bond acceptors (Lipinski definition) is 7. The molecule has 0 aliphatic carbocycles. The number of fused-ring (bicyclic) bond motifs is 1. The third-order valence-corrected chi connectivity index (χ3v) is 7.75. The number of ketones is 1. The van der Waals surface area contributed by atoms with Crippen LogP contribution >= 0.6 is 34.7 Å². The van der Waals surface area contributed by atoms with Gasteiger partial charge >= 0.3 is 0 Å². The largest absolute Gasteiger partial charge is 0.382 e. The Labute approximate surface area is 187 Å². The average molecular weight is 466 g/mol. The highest BCUT2D eigenvalue weighted by molar-refractivity contribution is 8.00. The summed E-state index contributed by atoms with van der Waals surface area (Å²) in [6.07, 6.45) is 0. The van der Waals surface area contributed by atoms with Crippen molar-refractivity contribution in [3.8, 4) is 0 Å². The van der Waals surface area contributed by atoms with Gasteiger partial charge in [-0.1, -0.05) is 23.4 Å². The first-order valence-electron chi connectivity index (χ1n) is 9.52. The van der Waals surface area contributed by atoms with Crippen molar-refractivity contribution in [3.05, 3.63) is 50.7 Å². The Morgan fingerprint density at radius 3 is 2.80 bits per heavy atom. The first-order chi connectivity index (χ1) is 14.2. The molecule has 0 bridgehead atoms. The number of carbonyl (C=O) groups is 1. The van der Waals surface area contributed by atoms with E-state index in [2.05, 4.69) is 28.7 Å². The molecule has 1 fully saturated rings. The van der Waals surface area contributed by atoms with Crippen molar-refractivity contribution in [2.75, 3.05) is 18.8 Å². The Morgan fingerprint density at radius 1 is 1.37 bits per heavy atom. The van der Waals surface area contributed by atoms with E-state index in [4.69, 9.17) is 11.6 Å². The van der Waals surface area contributed by atoms with Crippen molar-refractivity contribution in [1.82, 2.24) is 14.9 Å². The van der Waals surface area contributed by atoms with Crippen molar-refractivity contribution in [2.45, 2.75) is 37.4 Å². The molecule has 1 N–H and O–H groups in total. The van der Waals surface area contributed by atoms with Crippen LogP contribution in [0.1, 0.15) is 34.2 Å². The number of likely N-dealkylation sites (tertiary alicyclic amines) is 1. The van der Waals surface area contributed by atoms with Gasteiger partial charge in [0.05, 0.1) is 21.2 Å². The van der Waals surface area contributed by atoms with Crippen molar-refractivity contribution >= 4 is 51.4 Å². The minimum Gasteiger partial charge on any atom is -0.382 e. The molecule has 3 heterocycles. The molecule has 0 saturated carbocycles. The van der Waals surface area contributed by atoms with Crippen LogP contribution in [0.5, 0.6) is 0 Å². The summed E-state index contributed by atoms with van der Waals surface area (Å²) in [6, 6.07) is 6.77. The number of halogens is 2. The van der Waals surface area contributed by atoms with E-state index >= 15 is 0 Å². The Balaban J connectivity index is 1.49. The summed E-state index contributed by atoms with van der Waals surface area (Å²) < 4.78 is 13.8. The Kier molecular flexibility index (Phi) is 5.89. The number of hydrogen-bond donors (Lipinski definition) is 1. The fourth-order valence-corrected chi connectivity index (χ4v) is 5.61. The molecule has 3 aromatic rings. The van der Waals surface area contributed by atoms with Crippen molar-refractivity contribution in [1.29, 1.82) is 0 Å². The van der Waals surface area contributed by atoms with E-state index in [9.17, 15) is 14.3 Å². The fraction of sp³-hybridized carbons (Fsp3) is 0.381. The highest BCUT2D eigenvalue weighted by atomic mass is 35.5. The molecular formula is C21H21ClFN3O2S2. The van der Waals surface area contributed by atoms with Crippen LogP contribution in [-0.4, -0.2) is 50.6 Å². The lowest BCUT2D eigenvalue weighted by molar-refractivity contribution is -0.113. The second-order valence-corrected chi connectivity index (χ2v) is 10.2. The Morgan fingerprint density at radius 2 is 2.10 bits per heavy atom. The van der Waals surface area contributed by atoms with E-state index < -0.39 is 11.4 Å². The molecule has 4 rings (SSSR count). The van der Waals surface area contributed by atoms with Gasteiger partial charge in [0.2, 0.25) is 0 Å². The summed E-state index contributed by atoms with van der Waals surface area (Å²) in [7, 11) is 0. The highest BCUT2D eigenvalue weighted by Crippen LogP contribution is 2.38. The summed E-state index contributed by atoms with van der Waals surface area (Å²) >= 11 is 8.54. The smallest absolute Gasteiger partial charge is 0.183 e. The normalized spacial score (nSPS) is 16.2. The first kappa shape index (κ1) is 21.6. The molecule has 30 heavy (non-hydrogen) atoms. The standard InChI is InChI=1S/C21H21ClFN3O2S2/c1-11(2)26-9-21(28,10-26)19-5-4-18(30-19)17(27)8-29-20-13-6-14(22)15(23)7-16(13)24-12(3)25-20/h4-7,11,28H,8-10H2,1-3H3. The maximum absolute atomic E-state index is 13.8. The van der Waals surface area contributed by atoms with Crippen LogP contribution in [0, 0.1) is 12.7 Å². The molecule has 0 radical (unpaired) electrons. The fourth-order valence-electron chi connectivity index (χ4n) is 3.41. The van der Waals surface area contributed by atoms with E-state index in [-0.39, 0.29) is 16.6 Å². The SMILES string of the molecule is Cc1nc(SCC(=O)c2ccc(C3(O)CN(C(C)C)C3)s2)c2cc(Cl)c(F)cc2n1. The van der Waals surface area contributed by atoms with E-state index in [1.54, 1.807) is 13.0 Å². The van der Waals surface area contributed by atoms with Crippen LogP contribution in [0.2, 0.25) is 5.02 Å². The molecule has 1 aliphatic rings. The predicted octanol–water partition coefficient (Wildman–Crippen LogP) is 4.68. The molecule has 0 atom stereocenters. The topological polar surface area (TPSA) is 66.3 Å². The zero-order valence-electron chi connectivity index (χ0n) is 16.8. The van der Waals surface area contributed by atoms with Gasteiger partial charge < -0.3 is 5.11 Å². The van der Waals surface area contributed by atoms with Gasteiger partial charge in [0.1, 0.15) is 22.3 Å². The maximum atomic E-state index is 13.8. The van der Waals surface area contributed by atoms with Crippen LogP contribution < -0.4 is 0 Å². The summed E-state index contributed by atoms with van der Waals surface area (Å²) in [6.45, 7) is 7.08. The highest BCUT2D eigenvalue weighted by Gasteiger charge is 2.44. The Bertz CT molecular complexity index is 1130. The number of β-amino-alcohol motifs (C(OH)–C–C–N with tert-alkyl or cyclic N) is 1. The van der Waals surface area contributed by atoms with Gasteiger partial charge in [-0.3, -0.25) is 9.69 Å². The third kappa shape index (κ3) is 4.11. The number of aliphatic hydroxyl groups is 1. The maximum Gasteiger partial charge on any atom is 0.183 e. The van der Waals surface area contributed by atoms with Crippen LogP contribution in [-0.2, 0) is 5.60 Å². The summed E-state index contributed by atoms with van der Waals surface area (Å²) in [5, 5.41) is 12.0. The number of Topliss-reactive ketones (excluding diaryl/α,β-unsaturated/α-hetero) is 1. The number of benzene rings is 1. The third-order valence-electron chi connectivity index (χ3n) is 5.15. The minimum atomic E-state index is -0.874. The van der Waals surface area contributed by atoms with E-state index in [1.165, 1.54) is 35.2 Å². The van der Waals surface area contributed by atoms with Crippen molar-refractivity contribution in [2.24, 2.45) is 0 Å². The van der Waals surface area contributed by atoms with Crippen LogP contribution in [0.3, 0.4) is 0 Å². The number of thioether (sulfide) groups is 1. The monoisotopic (exact) mass is 465 g/mol. The molecule has 5 nitrogen and oxygen atoms in total. The molecule has 1 saturated heterocycles. The second-order valence-electron chi connectivity index (χ2n) is 7.77. The number of aromatic nitrogens is 2. The zero-order valence-corrected chi connectivity index (χ0v) is 19.2. The lowest BCUT2D eigenvalue weighted by atomic mass is 9.91. The van der Waals surface area contributed by atoms with E-state index in [1.807, 2.05) is 6.07 Å². The molecule has 0 amide bonds. The van der Waals surface area contributed by atoms with Gasteiger partial charge in [-0.05, 0) is 39.0 Å². The molecular weight excluding hydrogens is 445 g/mol. The molecule has 9 heteroatoms. The molecule has 0 unspecified atom stereocenters. The van der Waals surface area contributed by atoms with Gasteiger partial charge in [-0.2, -0.15) is 0 Å². The number of aryl methyl sites for hydroxylation is 1. The van der Waals surface area contributed by atoms with Gasteiger partial charge in [0, 0.05) is 35.5 Å². The number of carbonyl (C=O) groups excluding carboxylic acids is 1. The van der Waals surface area contributed by atoms with Gasteiger partial charge in [0.15, 0.2) is 5.78 Å². The quantitative estimate of drug-likeness (QED) is 0.324. The van der Waals surface area contributed by atoms with Gasteiger partial charge in [-0.25, -0.2) is 14.4 Å². The molecule has 2 aromatic heterocycles. The Hall–Kier alpha value is -1.58. The van der Waals surface area contributed by atoms with E-state index in [0.29, 0.717) is 45.8 Å². The lowest BCUT2D eigenvalue weighted by Gasteiger charge is -2.48. The summed E-state index contributed by atoms with van der Waals surface area (Å²) in [5.41, 5.74) is -0.416.